The fourth-order valence-electron chi connectivity index (χ4n) is 0.973. The van der Waals surface area contributed by atoms with Crippen molar-refractivity contribution in [2.45, 2.75) is 39.7 Å². The molecule has 0 aliphatic heterocycles. The summed E-state index contributed by atoms with van der Waals surface area (Å²) < 4.78 is 21.0. The van der Waals surface area contributed by atoms with Gasteiger partial charge >= 0.3 is 29.6 Å². The zero-order valence-electron chi connectivity index (χ0n) is 10.1. The van der Waals surface area contributed by atoms with E-state index in [1.165, 1.54) is 0 Å². The number of carbonyl (C=O) groups excluding carboxylic acids is 1. The van der Waals surface area contributed by atoms with Gasteiger partial charge in [-0.15, -0.1) is 0 Å². The number of nitrogens with one attached hydrogen (secondary N) is 1. The van der Waals surface area contributed by atoms with Crippen LogP contribution in [0.15, 0.2) is 0 Å². The molecule has 4 nitrogen and oxygen atoms in total. The summed E-state index contributed by atoms with van der Waals surface area (Å²) in [4.78, 5) is 11.5. The van der Waals surface area contributed by atoms with Crippen LogP contribution in [0.1, 0.15) is 34.1 Å². The molecule has 0 bridgehead atoms. The number of carbonyl (C=O) groups is 1. The van der Waals surface area contributed by atoms with E-state index in [0.717, 1.165) is 6.42 Å². The molecule has 0 aromatic carbocycles. The molecule has 1 N–H and O–H groups in total. The predicted octanol–water partition coefficient (Wildman–Crippen LogP) is -2.19. The molecule has 0 heterocycles. The molecule has 15 heavy (non-hydrogen) atoms. The first-order chi connectivity index (χ1) is 6.28. The summed E-state index contributed by atoms with van der Waals surface area (Å²) in [5.41, 5.74) is -0.687. The van der Waals surface area contributed by atoms with Gasteiger partial charge in [-0.25, -0.2) is 0 Å². The fourth-order valence-corrected chi connectivity index (χ4v) is 1.63. The second-order valence-corrected chi connectivity index (χ2v) is 5.03. The van der Waals surface area contributed by atoms with Crippen LogP contribution in [0.25, 0.3) is 0 Å². The van der Waals surface area contributed by atoms with Crippen molar-refractivity contribution in [3.05, 3.63) is 0 Å². The zero-order chi connectivity index (χ0) is 11.4. The van der Waals surface area contributed by atoms with Gasteiger partial charge in [0.1, 0.15) is 0 Å². The molecule has 84 valence electrons. The summed E-state index contributed by atoms with van der Waals surface area (Å²) in [6.45, 7) is 7.13. The number of amides is 1. The number of hydrogen-bond donors (Lipinski definition) is 1. The minimum Gasteiger partial charge on any atom is -0.772 e. The van der Waals surface area contributed by atoms with Crippen LogP contribution in [0.5, 0.6) is 0 Å². The van der Waals surface area contributed by atoms with E-state index in [9.17, 15) is 13.6 Å². The first-order valence-corrected chi connectivity index (χ1v) is 5.91. The quantitative estimate of drug-likeness (QED) is 0.440. The van der Waals surface area contributed by atoms with Crippen molar-refractivity contribution in [2.24, 2.45) is 5.92 Å². The molecule has 0 spiro atoms. The van der Waals surface area contributed by atoms with Crippen LogP contribution >= 0.6 is 0 Å². The molecule has 0 aromatic rings. The normalized spacial score (nSPS) is 15.0. The average molecular weight is 243 g/mol. The summed E-state index contributed by atoms with van der Waals surface area (Å²) in [6.07, 6.45) is 0.752. The molecular weight excluding hydrogens is 225 g/mol. The van der Waals surface area contributed by atoms with Crippen molar-refractivity contribution in [2.75, 3.05) is 5.75 Å². The maximum Gasteiger partial charge on any atom is 1.00 e. The van der Waals surface area contributed by atoms with E-state index in [1.54, 1.807) is 13.8 Å². The van der Waals surface area contributed by atoms with Gasteiger partial charge < -0.3 is 9.87 Å². The van der Waals surface area contributed by atoms with Crippen LogP contribution in [0.2, 0.25) is 0 Å². The van der Waals surface area contributed by atoms with Crippen molar-refractivity contribution < 1.29 is 43.1 Å². The van der Waals surface area contributed by atoms with Crippen LogP contribution in [-0.2, 0) is 15.9 Å². The summed E-state index contributed by atoms with van der Waals surface area (Å²) in [5.74, 6) is -0.229. The molecule has 2 unspecified atom stereocenters. The smallest absolute Gasteiger partial charge is 0.772 e. The zero-order valence-corrected chi connectivity index (χ0v) is 12.9. The third-order valence-electron chi connectivity index (χ3n) is 2.00. The Hall–Kier alpha value is 0.580. The maximum absolute atomic E-state index is 11.5. The van der Waals surface area contributed by atoms with E-state index < -0.39 is 16.6 Å². The second-order valence-electron chi connectivity index (χ2n) is 4.13. The van der Waals surface area contributed by atoms with Crippen LogP contribution in [-0.4, -0.2) is 26.0 Å². The Labute approximate surface area is 116 Å². The van der Waals surface area contributed by atoms with Crippen molar-refractivity contribution >= 4 is 17.0 Å². The van der Waals surface area contributed by atoms with Crippen LogP contribution in [0.3, 0.4) is 0 Å². The Morgan fingerprint density at radius 3 is 2.33 bits per heavy atom. The van der Waals surface area contributed by atoms with E-state index >= 15 is 0 Å². The molecule has 1 amide bonds. The molecule has 0 aromatic heterocycles. The van der Waals surface area contributed by atoms with Crippen molar-refractivity contribution in [1.82, 2.24) is 5.32 Å². The Morgan fingerprint density at radius 2 is 2.00 bits per heavy atom. The molecule has 0 aliphatic rings. The molecule has 0 saturated heterocycles. The minimum atomic E-state index is -2.13. The van der Waals surface area contributed by atoms with E-state index in [0.29, 0.717) is 0 Å². The van der Waals surface area contributed by atoms with Gasteiger partial charge in [0.2, 0.25) is 5.91 Å². The standard InChI is InChI=1S/C9H19NO3S.Na/c1-5-7(2)8(11)10-9(3,4)6-14(12)13;/h7H,5-6H2,1-4H3,(H,10,11)(H,12,13);/q;+1/p-1. The molecule has 2 atom stereocenters. The van der Waals surface area contributed by atoms with Crippen molar-refractivity contribution in [1.29, 1.82) is 0 Å². The van der Waals surface area contributed by atoms with Crippen LogP contribution in [0, 0.1) is 5.92 Å². The maximum atomic E-state index is 11.5. The predicted molar refractivity (Wildman–Crippen MR) is 55.5 cm³/mol. The summed E-state index contributed by atoms with van der Waals surface area (Å²) in [6, 6.07) is 0. The van der Waals surface area contributed by atoms with Crippen molar-refractivity contribution in [3.63, 3.8) is 0 Å². The van der Waals surface area contributed by atoms with E-state index in [1.807, 2.05) is 13.8 Å². The summed E-state index contributed by atoms with van der Waals surface area (Å²) >= 11 is -2.13. The SMILES string of the molecule is CCC(C)C(=O)NC(C)(C)CS(=O)[O-].[Na+]. The number of hydrogen-bond acceptors (Lipinski definition) is 3. The first-order valence-electron chi connectivity index (χ1n) is 4.66. The average Bonchev–Trinajstić information content (AvgIpc) is 1.99. The Kier molecular flexibility index (Phi) is 9.33. The van der Waals surface area contributed by atoms with Crippen molar-refractivity contribution in [3.8, 4) is 0 Å². The first kappa shape index (κ1) is 18.0. The van der Waals surface area contributed by atoms with E-state index in [4.69, 9.17) is 0 Å². The van der Waals surface area contributed by atoms with Gasteiger partial charge in [0, 0.05) is 17.2 Å². The van der Waals surface area contributed by atoms with Gasteiger partial charge in [-0.3, -0.25) is 9.00 Å². The topological polar surface area (TPSA) is 69.2 Å². The minimum absolute atomic E-state index is 0. The van der Waals surface area contributed by atoms with Gasteiger partial charge in [0.25, 0.3) is 0 Å². The molecule has 0 radical (unpaired) electrons. The molecule has 0 rings (SSSR count). The van der Waals surface area contributed by atoms with Crippen LogP contribution in [0.4, 0.5) is 0 Å². The fraction of sp³-hybridized carbons (Fsp3) is 0.889. The summed E-state index contributed by atoms with van der Waals surface area (Å²) in [7, 11) is 0. The van der Waals surface area contributed by atoms with E-state index in [-0.39, 0.29) is 47.1 Å². The second kappa shape index (κ2) is 7.79. The molecule has 0 saturated carbocycles. The van der Waals surface area contributed by atoms with E-state index in [2.05, 4.69) is 5.32 Å². The molecule has 0 fully saturated rings. The molecule has 6 heteroatoms. The van der Waals surface area contributed by atoms with Crippen LogP contribution < -0.4 is 34.9 Å². The molecular formula is C9H18NNaO3S. The third kappa shape index (κ3) is 8.39. The molecule has 0 aliphatic carbocycles. The third-order valence-corrected chi connectivity index (χ3v) is 2.96. The number of rotatable bonds is 5. The monoisotopic (exact) mass is 243 g/mol. The van der Waals surface area contributed by atoms with Gasteiger partial charge in [-0.1, -0.05) is 24.9 Å². The Morgan fingerprint density at radius 1 is 1.53 bits per heavy atom. The van der Waals surface area contributed by atoms with Gasteiger partial charge in [0.15, 0.2) is 0 Å². The Bertz CT molecular complexity index is 233. The van der Waals surface area contributed by atoms with Gasteiger partial charge in [-0.05, 0) is 20.3 Å². The summed E-state index contributed by atoms with van der Waals surface area (Å²) in [5, 5.41) is 2.71. The largest absolute Gasteiger partial charge is 1.00 e. The Balaban J connectivity index is 0. The van der Waals surface area contributed by atoms with Gasteiger partial charge in [0.05, 0.1) is 0 Å². The van der Waals surface area contributed by atoms with Gasteiger partial charge in [-0.2, -0.15) is 0 Å².